The van der Waals surface area contributed by atoms with Crippen LogP contribution in [0.1, 0.15) is 28.4 Å². The fourth-order valence-corrected chi connectivity index (χ4v) is 2.17. The summed E-state index contributed by atoms with van der Waals surface area (Å²) < 4.78 is 0. The Bertz CT molecular complexity index is 650. The number of rotatable bonds is 4. The molecule has 2 rings (SSSR count). The number of anilines is 3. The second kappa shape index (κ2) is 5.65. The van der Waals surface area contributed by atoms with Gasteiger partial charge < -0.3 is 16.8 Å². The molecule has 0 radical (unpaired) electrons. The molecule has 0 bridgehead atoms. The van der Waals surface area contributed by atoms with E-state index in [1.54, 1.807) is 18.2 Å². The molecule has 4 nitrogen and oxygen atoms in total. The van der Waals surface area contributed by atoms with Gasteiger partial charge in [0.25, 0.3) is 0 Å². The van der Waals surface area contributed by atoms with E-state index in [1.165, 1.54) is 5.56 Å². The summed E-state index contributed by atoms with van der Waals surface area (Å²) in [4.78, 5) is 11.1. The van der Waals surface area contributed by atoms with E-state index >= 15 is 0 Å². The summed E-state index contributed by atoms with van der Waals surface area (Å²) in [6.07, 6.45) is 0.934. The Kier molecular flexibility index (Phi) is 3.94. The Morgan fingerprint density at radius 3 is 2.60 bits per heavy atom. The van der Waals surface area contributed by atoms with Crippen LogP contribution in [0.4, 0.5) is 17.1 Å². The number of nitrogens with one attached hydrogen (secondary N) is 1. The molecular formula is C16H19N3O. The number of carbonyl (C=O) groups excluding carboxylic acids is 1. The first kappa shape index (κ1) is 13.9. The van der Waals surface area contributed by atoms with Crippen molar-refractivity contribution in [1.29, 1.82) is 0 Å². The van der Waals surface area contributed by atoms with Gasteiger partial charge in [-0.1, -0.05) is 25.1 Å². The Labute approximate surface area is 118 Å². The maximum atomic E-state index is 11.1. The lowest BCUT2D eigenvalue weighted by Gasteiger charge is -2.16. The number of amides is 1. The number of para-hydroxylation sites is 1. The molecule has 2 aromatic carbocycles. The van der Waals surface area contributed by atoms with Crippen LogP contribution in [0.5, 0.6) is 0 Å². The SMILES string of the molecule is CCc1cccc(C)c1Nc1ccc(C(N)=O)cc1N. The van der Waals surface area contributed by atoms with Crippen LogP contribution >= 0.6 is 0 Å². The molecule has 0 unspecified atom stereocenters. The van der Waals surface area contributed by atoms with Crippen LogP contribution in [0.15, 0.2) is 36.4 Å². The van der Waals surface area contributed by atoms with E-state index < -0.39 is 5.91 Å². The molecule has 0 aliphatic rings. The monoisotopic (exact) mass is 269 g/mol. The maximum Gasteiger partial charge on any atom is 0.248 e. The summed E-state index contributed by atoms with van der Waals surface area (Å²) in [7, 11) is 0. The minimum Gasteiger partial charge on any atom is -0.397 e. The molecule has 0 aliphatic carbocycles. The molecule has 0 fully saturated rings. The molecule has 0 aromatic heterocycles. The van der Waals surface area contributed by atoms with Crippen LogP contribution in [0.25, 0.3) is 0 Å². The van der Waals surface area contributed by atoms with E-state index in [0.717, 1.165) is 23.4 Å². The van der Waals surface area contributed by atoms with Crippen molar-refractivity contribution in [2.24, 2.45) is 5.73 Å². The highest BCUT2D eigenvalue weighted by molar-refractivity contribution is 5.95. The van der Waals surface area contributed by atoms with Crippen molar-refractivity contribution >= 4 is 23.0 Å². The van der Waals surface area contributed by atoms with E-state index in [0.29, 0.717) is 11.3 Å². The molecule has 0 aliphatic heterocycles. The zero-order valence-corrected chi connectivity index (χ0v) is 11.7. The van der Waals surface area contributed by atoms with Gasteiger partial charge in [0.15, 0.2) is 0 Å². The van der Waals surface area contributed by atoms with Gasteiger partial charge in [-0.2, -0.15) is 0 Å². The molecule has 1 amide bonds. The van der Waals surface area contributed by atoms with E-state index in [4.69, 9.17) is 11.5 Å². The van der Waals surface area contributed by atoms with Crippen LogP contribution in [0.2, 0.25) is 0 Å². The molecule has 5 N–H and O–H groups in total. The minimum atomic E-state index is -0.478. The number of nitrogens with two attached hydrogens (primary N) is 2. The van der Waals surface area contributed by atoms with Crippen molar-refractivity contribution < 1.29 is 4.79 Å². The molecule has 0 saturated heterocycles. The van der Waals surface area contributed by atoms with Gasteiger partial charge in [0, 0.05) is 11.3 Å². The van der Waals surface area contributed by atoms with Crippen molar-refractivity contribution in [2.75, 3.05) is 11.1 Å². The topological polar surface area (TPSA) is 81.1 Å². The first-order valence-corrected chi connectivity index (χ1v) is 6.57. The zero-order valence-electron chi connectivity index (χ0n) is 11.7. The van der Waals surface area contributed by atoms with E-state index in [1.807, 2.05) is 6.07 Å². The summed E-state index contributed by atoms with van der Waals surface area (Å²) in [5, 5.41) is 3.35. The van der Waals surface area contributed by atoms with Crippen LogP contribution in [-0.4, -0.2) is 5.91 Å². The van der Waals surface area contributed by atoms with Crippen LogP contribution in [-0.2, 0) is 6.42 Å². The third kappa shape index (κ3) is 2.74. The summed E-state index contributed by atoms with van der Waals surface area (Å²) in [5.74, 6) is -0.478. The van der Waals surface area contributed by atoms with Gasteiger partial charge in [0.05, 0.1) is 11.4 Å². The van der Waals surface area contributed by atoms with Crippen LogP contribution in [0.3, 0.4) is 0 Å². The summed E-state index contributed by atoms with van der Waals surface area (Å²) in [6, 6.07) is 11.2. The molecule has 20 heavy (non-hydrogen) atoms. The fourth-order valence-electron chi connectivity index (χ4n) is 2.17. The lowest BCUT2D eigenvalue weighted by Crippen LogP contribution is -2.11. The van der Waals surface area contributed by atoms with Gasteiger partial charge in [0.1, 0.15) is 0 Å². The van der Waals surface area contributed by atoms with Gasteiger partial charge in [-0.15, -0.1) is 0 Å². The second-order valence-corrected chi connectivity index (χ2v) is 4.75. The average Bonchev–Trinajstić information content (AvgIpc) is 2.42. The number of hydrogen-bond acceptors (Lipinski definition) is 3. The fraction of sp³-hybridized carbons (Fsp3) is 0.188. The normalized spacial score (nSPS) is 10.3. The van der Waals surface area contributed by atoms with Gasteiger partial charge in [-0.25, -0.2) is 0 Å². The third-order valence-electron chi connectivity index (χ3n) is 3.34. The molecule has 4 heteroatoms. The standard InChI is InChI=1S/C16H19N3O/c1-3-11-6-4-5-10(2)15(11)19-14-8-7-12(16(18)20)9-13(14)17/h4-9,19H,3,17H2,1-2H3,(H2,18,20). The summed E-state index contributed by atoms with van der Waals surface area (Å²) in [6.45, 7) is 4.16. The van der Waals surface area contributed by atoms with Crippen molar-refractivity contribution in [3.8, 4) is 0 Å². The van der Waals surface area contributed by atoms with Crippen molar-refractivity contribution in [3.05, 3.63) is 53.1 Å². The predicted octanol–water partition coefficient (Wildman–Crippen LogP) is 2.98. The maximum absolute atomic E-state index is 11.1. The van der Waals surface area contributed by atoms with Crippen LogP contribution in [0, 0.1) is 6.92 Å². The molecule has 2 aromatic rings. The van der Waals surface area contributed by atoms with Crippen LogP contribution < -0.4 is 16.8 Å². The number of carbonyl (C=O) groups is 1. The summed E-state index contributed by atoms with van der Waals surface area (Å²) in [5.41, 5.74) is 16.4. The van der Waals surface area contributed by atoms with Crippen molar-refractivity contribution in [3.63, 3.8) is 0 Å². The highest BCUT2D eigenvalue weighted by Crippen LogP contribution is 2.29. The molecule has 104 valence electrons. The number of aryl methyl sites for hydroxylation is 2. The quantitative estimate of drug-likeness (QED) is 0.746. The molecule has 0 heterocycles. The van der Waals surface area contributed by atoms with Gasteiger partial charge in [-0.3, -0.25) is 4.79 Å². The lowest BCUT2D eigenvalue weighted by molar-refractivity contribution is 0.100. The molecule has 0 saturated carbocycles. The Balaban J connectivity index is 2.38. The minimum absolute atomic E-state index is 0.411. The van der Waals surface area contributed by atoms with Crippen molar-refractivity contribution in [2.45, 2.75) is 20.3 Å². The third-order valence-corrected chi connectivity index (χ3v) is 3.34. The molecular weight excluding hydrogens is 250 g/mol. The number of benzene rings is 2. The first-order valence-electron chi connectivity index (χ1n) is 6.57. The first-order chi connectivity index (χ1) is 9.52. The largest absolute Gasteiger partial charge is 0.397 e. The Hall–Kier alpha value is -2.49. The van der Waals surface area contributed by atoms with E-state index in [9.17, 15) is 4.79 Å². The highest BCUT2D eigenvalue weighted by atomic mass is 16.1. The molecule has 0 atom stereocenters. The number of nitrogen functional groups attached to an aromatic ring is 1. The lowest BCUT2D eigenvalue weighted by atomic mass is 10.0. The highest BCUT2D eigenvalue weighted by Gasteiger charge is 2.08. The predicted molar refractivity (Wildman–Crippen MR) is 83.2 cm³/mol. The Morgan fingerprint density at radius 2 is 2.00 bits per heavy atom. The van der Waals surface area contributed by atoms with Gasteiger partial charge in [0.2, 0.25) is 5.91 Å². The van der Waals surface area contributed by atoms with E-state index in [2.05, 4.69) is 31.3 Å². The Morgan fingerprint density at radius 1 is 1.25 bits per heavy atom. The van der Waals surface area contributed by atoms with E-state index in [-0.39, 0.29) is 0 Å². The molecule has 0 spiro atoms. The number of hydrogen-bond donors (Lipinski definition) is 3. The summed E-state index contributed by atoms with van der Waals surface area (Å²) >= 11 is 0. The van der Waals surface area contributed by atoms with Gasteiger partial charge in [-0.05, 0) is 42.7 Å². The zero-order chi connectivity index (χ0) is 14.7. The van der Waals surface area contributed by atoms with Gasteiger partial charge >= 0.3 is 0 Å². The van der Waals surface area contributed by atoms with Crippen molar-refractivity contribution in [1.82, 2.24) is 0 Å². The average molecular weight is 269 g/mol. The number of primary amides is 1. The smallest absolute Gasteiger partial charge is 0.248 e. The second-order valence-electron chi connectivity index (χ2n) is 4.75.